The normalized spacial score (nSPS) is 18.1. The number of ether oxygens (including phenoxy) is 2. The Balaban J connectivity index is 1.20. The summed E-state index contributed by atoms with van der Waals surface area (Å²) in [7, 11) is 0. The van der Waals surface area contributed by atoms with Crippen molar-refractivity contribution in [1.82, 2.24) is 25.4 Å². The highest BCUT2D eigenvalue weighted by Crippen LogP contribution is 2.46. The molecule has 1 atom stereocenters. The number of allylic oxidation sites excluding steroid dienone is 3. The summed E-state index contributed by atoms with van der Waals surface area (Å²) in [5.41, 5.74) is 2.64. The van der Waals surface area contributed by atoms with Gasteiger partial charge < -0.3 is 24.1 Å². The minimum atomic E-state index is -0.802. The van der Waals surface area contributed by atoms with Gasteiger partial charge in [0.15, 0.2) is 0 Å². The third-order valence-electron chi connectivity index (χ3n) is 6.96. The first-order valence-corrected chi connectivity index (χ1v) is 13.8. The van der Waals surface area contributed by atoms with Gasteiger partial charge >= 0.3 is 6.16 Å². The fraction of sp³-hybridized carbons (Fsp3) is 0.357. The maximum atomic E-state index is 12.9. The number of anilines is 1. The average molecular weight is 585 g/mol. The maximum absolute atomic E-state index is 12.9. The highest BCUT2D eigenvalue weighted by molar-refractivity contribution is 6.42. The lowest BCUT2D eigenvalue weighted by Crippen LogP contribution is -2.47. The molecule has 0 spiro atoms. The fourth-order valence-corrected chi connectivity index (χ4v) is 5.45. The Bertz CT molecular complexity index is 1390. The smallest absolute Gasteiger partial charge is 0.434 e. The Morgan fingerprint density at radius 3 is 2.65 bits per heavy atom. The quantitative estimate of drug-likeness (QED) is 0.270. The van der Waals surface area contributed by atoms with E-state index in [4.69, 9.17) is 37.1 Å². The Kier molecular flexibility index (Phi) is 8.88. The molecule has 0 saturated carbocycles. The molecule has 5 rings (SSSR count). The second-order valence-corrected chi connectivity index (χ2v) is 10.3. The van der Waals surface area contributed by atoms with Gasteiger partial charge in [0.2, 0.25) is 12.3 Å². The molecule has 1 aromatic carbocycles. The van der Waals surface area contributed by atoms with Crippen molar-refractivity contribution in [2.45, 2.75) is 26.2 Å². The number of nitrogens with zero attached hydrogens (tertiary/aromatic N) is 5. The molecular formula is C28H30Cl2N6O4. The SMILES string of the molecule is CC1=C(OC(=O)OCCCN2CCN(c3ccccn3)CC2)C(c2cccc(Cl)c2Cl)C(c2nnco2)=C(C)N1. The van der Waals surface area contributed by atoms with Gasteiger partial charge in [-0.2, -0.15) is 0 Å². The zero-order valence-corrected chi connectivity index (χ0v) is 23.8. The molecule has 1 N–H and O–H groups in total. The number of nitrogens with one attached hydrogen (secondary N) is 1. The molecule has 0 bridgehead atoms. The number of hydrogen-bond acceptors (Lipinski definition) is 10. The number of halogens is 2. The largest absolute Gasteiger partial charge is 0.513 e. The van der Waals surface area contributed by atoms with Crippen molar-refractivity contribution < 1.29 is 18.7 Å². The molecule has 3 aromatic rings. The van der Waals surface area contributed by atoms with Crippen molar-refractivity contribution in [3.8, 4) is 0 Å². The van der Waals surface area contributed by atoms with Crippen LogP contribution >= 0.6 is 23.2 Å². The zero-order valence-electron chi connectivity index (χ0n) is 22.3. The molecular weight excluding hydrogens is 555 g/mol. The van der Waals surface area contributed by atoms with Crippen LogP contribution < -0.4 is 10.2 Å². The molecule has 0 radical (unpaired) electrons. The number of carbonyl (C=O) groups excluding carboxylic acids is 1. The maximum Gasteiger partial charge on any atom is 0.513 e. The second kappa shape index (κ2) is 12.7. The van der Waals surface area contributed by atoms with Crippen LogP contribution in [0.25, 0.3) is 5.57 Å². The predicted molar refractivity (Wildman–Crippen MR) is 152 cm³/mol. The molecule has 210 valence electrons. The van der Waals surface area contributed by atoms with Crippen LogP contribution in [-0.2, 0) is 9.47 Å². The van der Waals surface area contributed by atoms with Crippen molar-refractivity contribution in [2.75, 3.05) is 44.2 Å². The van der Waals surface area contributed by atoms with Crippen molar-refractivity contribution >= 4 is 40.7 Å². The van der Waals surface area contributed by atoms with Gasteiger partial charge in [-0.05, 0) is 44.0 Å². The Labute approximate surface area is 242 Å². The number of pyridine rings is 1. The van der Waals surface area contributed by atoms with Gasteiger partial charge in [0.05, 0.1) is 33.8 Å². The minimum absolute atomic E-state index is 0.229. The molecule has 2 aliphatic heterocycles. The summed E-state index contributed by atoms with van der Waals surface area (Å²) >= 11 is 13.0. The first kappa shape index (κ1) is 27.9. The number of hydrogen-bond donors (Lipinski definition) is 1. The summed E-state index contributed by atoms with van der Waals surface area (Å²) in [5.74, 6) is 0.963. The van der Waals surface area contributed by atoms with E-state index in [2.05, 4.69) is 30.3 Å². The number of benzene rings is 1. The monoisotopic (exact) mass is 584 g/mol. The second-order valence-electron chi connectivity index (χ2n) is 9.54. The van der Waals surface area contributed by atoms with E-state index in [9.17, 15) is 4.79 Å². The molecule has 2 aliphatic rings. The lowest BCUT2D eigenvalue weighted by Gasteiger charge is -2.35. The summed E-state index contributed by atoms with van der Waals surface area (Å²) in [5, 5.41) is 11.9. The zero-order chi connectivity index (χ0) is 28.1. The minimum Gasteiger partial charge on any atom is -0.434 e. The van der Waals surface area contributed by atoms with Gasteiger partial charge in [0.1, 0.15) is 11.6 Å². The van der Waals surface area contributed by atoms with Crippen molar-refractivity contribution in [2.24, 2.45) is 0 Å². The summed E-state index contributed by atoms with van der Waals surface area (Å²) in [6.45, 7) is 8.39. The number of dihydropyridines is 1. The molecule has 12 heteroatoms. The molecule has 10 nitrogen and oxygen atoms in total. The van der Waals surface area contributed by atoms with Crippen LogP contribution in [-0.4, -0.2) is 65.6 Å². The van der Waals surface area contributed by atoms with Crippen LogP contribution in [0.5, 0.6) is 0 Å². The van der Waals surface area contributed by atoms with E-state index >= 15 is 0 Å². The highest BCUT2D eigenvalue weighted by Gasteiger charge is 2.37. The standard InChI is InChI=1S/C28H30Cl2N6O4/c1-18-23(27-34-32-17-39-27)24(20-7-5-8-21(29)25(20)30)26(19(2)33-18)40-28(37)38-16-6-11-35-12-14-36(15-13-35)22-9-3-4-10-31-22/h3-5,7-10,17,24,33H,6,11-16H2,1-2H3. The van der Waals surface area contributed by atoms with Crippen LogP contribution in [0.4, 0.5) is 10.6 Å². The van der Waals surface area contributed by atoms with Crippen LogP contribution in [0.2, 0.25) is 10.0 Å². The summed E-state index contributed by atoms with van der Waals surface area (Å²) in [6.07, 6.45) is 2.94. The van der Waals surface area contributed by atoms with E-state index in [0.717, 1.165) is 44.2 Å². The molecule has 40 heavy (non-hydrogen) atoms. The fourth-order valence-electron chi connectivity index (χ4n) is 5.03. The number of aromatic nitrogens is 3. The van der Waals surface area contributed by atoms with E-state index in [0.29, 0.717) is 39.1 Å². The van der Waals surface area contributed by atoms with Gasteiger partial charge in [0.25, 0.3) is 0 Å². The summed E-state index contributed by atoms with van der Waals surface area (Å²) in [4.78, 5) is 21.9. The Morgan fingerprint density at radius 1 is 1.10 bits per heavy atom. The Hall–Kier alpha value is -3.60. The van der Waals surface area contributed by atoms with Gasteiger partial charge in [0, 0.05) is 44.6 Å². The van der Waals surface area contributed by atoms with Crippen LogP contribution in [0.1, 0.15) is 37.6 Å². The van der Waals surface area contributed by atoms with Crippen LogP contribution in [0.15, 0.2) is 70.6 Å². The third kappa shape index (κ3) is 6.24. The number of rotatable bonds is 8. The topological polar surface area (TPSA) is 106 Å². The highest BCUT2D eigenvalue weighted by atomic mass is 35.5. The van der Waals surface area contributed by atoms with E-state index in [1.54, 1.807) is 12.1 Å². The number of carbonyl (C=O) groups is 1. The van der Waals surface area contributed by atoms with Crippen molar-refractivity contribution in [3.05, 3.63) is 87.6 Å². The molecule has 0 amide bonds. The number of piperazine rings is 1. The van der Waals surface area contributed by atoms with Crippen LogP contribution in [0, 0.1) is 0 Å². The molecule has 4 heterocycles. The van der Waals surface area contributed by atoms with E-state index in [-0.39, 0.29) is 12.5 Å². The lowest BCUT2D eigenvalue weighted by atomic mass is 9.85. The molecule has 2 aromatic heterocycles. The lowest BCUT2D eigenvalue weighted by molar-refractivity contribution is 0.0695. The van der Waals surface area contributed by atoms with Gasteiger partial charge in [-0.25, -0.2) is 9.78 Å². The van der Waals surface area contributed by atoms with Gasteiger partial charge in [-0.1, -0.05) is 41.4 Å². The Morgan fingerprint density at radius 2 is 1.93 bits per heavy atom. The van der Waals surface area contributed by atoms with E-state index in [1.165, 1.54) is 6.39 Å². The van der Waals surface area contributed by atoms with Crippen molar-refractivity contribution in [1.29, 1.82) is 0 Å². The first-order valence-electron chi connectivity index (χ1n) is 13.0. The van der Waals surface area contributed by atoms with E-state index < -0.39 is 12.1 Å². The predicted octanol–water partition coefficient (Wildman–Crippen LogP) is 5.49. The summed E-state index contributed by atoms with van der Waals surface area (Å²) < 4.78 is 16.8. The van der Waals surface area contributed by atoms with Crippen LogP contribution in [0.3, 0.4) is 0 Å². The molecule has 1 fully saturated rings. The molecule has 1 saturated heterocycles. The first-order chi connectivity index (χ1) is 19.4. The van der Waals surface area contributed by atoms with Gasteiger partial charge in [-0.3, -0.25) is 4.90 Å². The average Bonchev–Trinajstić information content (AvgIpc) is 3.49. The molecule has 1 unspecified atom stereocenters. The third-order valence-corrected chi connectivity index (χ3v) is 7.79. The molecule has 0 aliphatic carbocycles. The summed E-state index contributed by atoms with van der Waals surface area (Å²) in [6, 6.07) is 11.3. The van der Waals surface area contributed by atoms with E-state index in [1.807, 2.05) is 44.3 Å². The van der Waals surface area contributed by atoms with Gasteiger partial charge in [-0.15, -0.1) is 10.2 Å². The van der Waals surface area contributed by atoms with Crippen molar-refractivity contribution in [3.63, 3.8) is 0 Å².